The highest BCUT2D eigenvalue weighted by molar-refractivity contribution is 5.89. The molecule has 1 amide bonds. The Balaban J connectivity index is 1.57. The summed E-state index contributed by atoms with van der Waals surface area (Å²) in [5.74, 6) is 1.14. The zero-order valence-corrected chi connectivity index (χ0v) is 17.3. The van der Waals surface area contributed by atoms with Crippen LogP contribution in [0.15, 0.2) is 30.3 Å². The number of carbonyl (C=O) groups excluding carboxylic acids is 1. The monoisotopic (exact) mass is 396 g/mol. The molecule has 1 aliphatic rings. The first kappa shape index (κ1) is 20.8. The van der Waals surface area contributed by atoms with Gasteiger partial charge in [0.25, 0.3) is 0 Å². The summed E-state index contributed by atoms with van der Waals surface area (Å²) in [5, 5.41) is 9.28. The average Bonchev–Trinajstić information content (AvgIpc) is 2.71. The van der Waals surface area contributed by atoms with Gasteiger partial charge in [-0.2, -0.15) is 0 Å². The van der Waals surface area contributed by atoms with E-state index in [1.54, 1.807) is 24.3 Å². The number of hydrogen-bond donors (Lipinski definition) is 1. The van der Waals surface area contributed by atoms with Crippen molar-refractivity contribution in [3.05, 3.63) is 53.0 Å². The number of carbonyl (C=O) groups is 2. The van der Waals surface area contributed by atoms with Crippen molar-refractivity contribution in [1.29, 1.82) is 0 Å². The van der Waals surface area contributed by atoms with Crippen LogP contribution in [0.5, 0.6) is 0 Å². The Labute approximate surface area is 171 Å². The molecular weight excluding hydrogens is 368 g/mol. The smallest absolute Gasteiger partial charge is 0.335 e. The average molecular weight is 396 g/mol. The number of rotatable bonds is 6. The molecule has 0 saturated carbocycles. The van der Waals surface area contributed by atoms with Gasteiger partial charge >= 0.3 is 5.97 Å². The molecule has 0 radical (unpaired) electrons. The van der Waals surface area contributed by atoms with Gasteiger partial charge in [0.15, 0.2) is 0 Å². The minimum absolute atomic E-state index is 0.0616. The lowest BCUT2D eigenvalue weighted by molar-refractivity contribution is -0.131. The van der Waals surface area contributed by atoms with Crippen molar-refractivity contribution in [3.63, 3.8) is 0 Å². The summed E-state index contributed by atoms with van der Waals surface area (Å²) in [7, 11) is 0. The third-order valence-corrected chi connectivity index (χ3v) is 5.19. The molecule has 0 aliphatic carbocycles. The van der Waals surface area contributed by atoms with Crippen LogP contribution in [0.2, 0.25) is 0 Å². The number of aryl methyl sites for hydroxylation is 2. The van der Waals surface area contributed by atoms with E-state index in [1.165, 1.54) is 0 Å². The molecule has 1 fully saturated rings. The van der Waals surface area contributed by atoms with Crippen LogP contribution in [-0.4, -0.2) is 58.0 Å². The van der Waals surface area contributed by atoms with Crippen molar-refractivity contribution in [1.82, 2.24) is 14.9 Å². The first-order valence-electron chi connectivity index (χ1n) is 10.0. The molecule has 2 aromatic rings. The maximum Gasteiger partial charge on any atom is 0.335 e. The number of aromatic nitrogens is 2. The first-order chi connectivity index (χ1) is 13.8. The topological polar surface area (TPSA) is 86.6 Å². The van der Waals surface area contributed by atoms with E-state index < -0.39 is 5.97 Å². The maximum atomic E-state index is 12.6. The van der Waals surface area contributed by atoms with Gasteiger partial charge in [-0.3, -0.25) is 4.79 Å². The summed E-state index contributed by atoms with van der Waals surface area (Å²) < 4.78 is 0. The van der Waals surface area contributed by atoms with Crippen molar-refractivity contribution >= 4 is 17.7 Å². The van der Waals surface area contributed by atoms with Gasteiger partial charge in [0, 0.05) is 50.3 Å². The highest BCUT2D eigenvalue weighted by Gasteiger charge is 2.23. The standard InChI is InChI=1S/C22H28N4O3/c1-15(2)21-23-16(3)14-19(24-21)25-10-12-26(13-11-25)20(27)9-8-17-6-4-5-7-18(17)22(28)29/h4-7,14-15H,8-13H2,1-3H3,(H,28,29). The fraction of sp³-hybridized carbons (Fsp3) is 0.455. The van der Waals surface area contributed by atoms with Gasteiger partial charge in [-0.15, -0.1) is 0 Å². The predicted molar refractivity (Wildman–Crippen MR) is 111 cm³/mol. The third-order valence-electron chi connectivity index (χ3n) is 5.19. The molecule has 154 valence electrons. The molecule has 1 aromatic heterocycles. The van der Waals surface area contributed by atoms with Crippen LogP contribution in [0.1, 0.15) is 53.6 Å². The molecular formula is C22H28N4O3. The van der Waals surface area contributed by atoms with Crippen LogP contribution in [0.3, 0.4) is 0 Å². The molecule has 1 aliphatic heterocycles. The lowest BCUT2D eigenvalue weighted by atomic mass is 10.0. The Morgan fingerprint density at radius 3 is 2.45 bits per heavy atom. The zero-order valence-electron chi connectivity index (χ0n) is 17.3. The van der Waals surface area contributed by atoms with E-state index in [-0.39, 0.29) is 17.4 Å². The fourth-order valence-electron chi connectivity index (χ4n) is 3.53. The first-order valence-corrected chi connectivity index (χ1v) is 10.0. The van der Waals surface area contributed by atoms with Crippen LogP contribution >= 0.6 is 0 Å². The Morgan fingerprint density at radius 1 is 1.10 bits per heavy atom. The number of piperazine rings is 1. The molecule has 0 atom stereocenters. The van der Waals surface area contributed by atoms with Crippen molar-refractivity contribution in [2.45, 2.75) is 39.5 Å². The van der Waals surface area contributed by atoms with Crippen LogP contribution < -0.4 is 4.90 Å². The number of carboxylic acids is 1. The molecule has 3 rings (SSSR count). The highest BCUT2D eigenvalue weighted by atomic mass is 16.4. The second-order valence-electron chi connectivity index (χ2n) is 7.71. The number of hydrogen-bond acceptors (Lipinski definition) is 5. The van der Waals surface area contributed by atoms with E-state index in [0.29, 0.717) is 31.5 Å². The highest BCUT2D eigenvalue weighted by Crippen LogP contribution is 2.19. The van der Waals surface area contributed by atoms with Crippen molar-refractivity contribution < 1.29 is 14.7 Å². The summed E-state index contributed by atoms with van der Waals surface area (Å²) in [6.45, 7) is 8.87. The zero-order chi connectivity index (χ0) is 21.0. The summed E-state index contributed by atoms with van der Waals surface area (Å²) in [6.07, 6.45) is 0.749. The lowest BCUT2D eigenvalue weighted by Crippen LogP contribution is -2.49. The minimum Gasteiger partial charge on any atom is -0.478 e. The number of amides is 1. The lowest BCUT2D eigenvalue weighted by Gasteiger charge is -2.35. The van der Waals surface area contributed by atoms with Crippen LogP contribution in [0, 0.1) is 6.92 Å². The second kappa shape index (κ2) is 9.03. The Kier molecular flexibility index (Phi) is 6.46. The molecule has 1 N–H and O–H groups in total. The van der Waals surface area contributed by atoms with Crippen LogP contribution in [-0.2, 0) is 11.2 Å². The number of carboxylic acid groups (broad SMARTS) is 1. The summed E-state index contributed by atoms with van der Waals surface area (Å²) in [4.78, 5) is 37.2. The van der Waals surface area contributed by atoms with E-state index in [2.05, 4.69) is 28.7 Å². The normalized spacial score (nSPS) is 14.3. The molecule has 1 saturated heterocycles. The van der Waals surface area contributed by atoms with Gasteiger partial charge in [0.1, 0.15) is 11.6 Å². The Bertz CT molecular complexity index is 889. The molecule has 2 heterocycles. The van der Waals surface area contributed by atoms with Gasteiger partial charge < -0.3 is 14.9 Å². The fourth-order valence-corrected chi connectivity index (χ4v) is 3.53. The summed E-state index contributed by atoms with van der Waals surface area (Å²) in [5.41, 5.74) is 1.92. The van der Waals surface area contributed by atoms with Gasteiger partial charge in [-0.05, 0) is 25.0 Å². The van der Waals surface area contributed by atoms with Gasteiger partial charge in [-0.1, -0.05) is 32.0 Å². The Morgan fingerprint density at radius 2 is 1.79 bits per heavy atom. The largest absolute Gasteiger partial charge is 0.478 e. The molecule has 0 spiro atoms. The van der Waals surface area contributed by atoms with Crippen LogP contribution in [0.25, 0.3) is 0 Å². The molecule has 0 unspecified atom stereocenters. The van der Waals surface area contributed by atoms with Gasteiger partial charge in [0.2, 0.25) is 5.91 Å². The van der Waals surface area contributed by atoms with Gasteiger partial charge in [-0.25, -0.2) is 14.8 Å². The molecule has 1 aromatic carbocycles. The van der Waals surface area contributed by atoms with Crippen molar-refractivity contribution in [2.24, 2.45) is 0 Å². The van der Waals surface area contributed by atoms with E-state index in [9.17, 15) is 14.7 Å². The van der Waals surface area contributed by atoms with E-state index >= 15 is 0 Å². The Hall–Kier alpha value is -2.96. The minimum atomic E-state index is -0.956. The van der Waals surface area contributed by atoms with E-state index in [4.69, 9.17) is 0 Å². The van der Waals surface area contributed by atoms with E-state index in [0.717, 1.165) is 30.4 Å². The predicted octanol–water partition coefficient (Wildman–Crippen LogP) is 2.89. The quantitative estimate of drug-likeness (QED) is 0.808. The van der Waals surface area contributed by atoms with Crippen LogP contribution in [0.4, 0.5) is 5.82 Å². The molecule has 7 heteroatoms. The number of benzene rings is 1. The number of aromatic carboxylic acids is 1. The van der Waals surface area contributed by atoms with E-state index in [1.807, 2.05) is 17.9 Å². The van der Waals surface area contributed by atoms with Crippen molar-refractivity contribution in [2.75, 3.05) is 31.1 Å². The summed E-state index contributed by atoms with van der Waals surface area (Å²) in [6, 6.07) is 8.86. The second-order valence-corrected chi connectivity index (χ2v) is 7.71. The van der Waals surface area contributed by atoms with Gasteiger partial charge in [0.05, 0.1) is 5.56 Å². The van der Waals surface area contributed by atoms with Crippen molar-refractivity contribution in [3.8, 4) is 0 Å². The molecule has 29 heavy (non-hydrogen) atoms. The third kappa shape index (κ3) is 5.10. The summed E-state index contributed by atoms with van der Waals surface area (Å²) >= 11 is 0. The molecule has 7 nitrogen and oxygen atoms in total. The molecule has 0 bridgehead atoms. The number of anilines is 1. The number of nitrogens with zero attached hydrogens (tertiary/aromatic N) is 4. The maximum absolute atomic E-state index is 12.6. The SMILES string of the molecule is Cc1cc(N2CCN(C(=O)CCc3ccccc3C(=O)O)CC2)nc(C(C)C)n1.